The fourth-order valence-electron chi connectivity index (χ4n) is 2.27. The predicted octanol–water partition coefficient (Wildman–Crippen LogP) is 3.31. The average molecular weight is 278 g/mol. The van der Waals surface area contributed by atoms with E-state index in [-0.39, 0.29) is 0 Å². The molecule has 1 aromatic heterocycles. The zero-order valence-electron chi connectivity index (χ0n) is 11.8. The summed E-state index contributed by atoms with van der Waals surface area (Å²) in [6.45, 7) is 0.922. The number of nitrogens with zero attached hydrogens (tertiary/aromatic N) is 3. The Balaban J connectivity index is 1.56. The van der Waals surface area contributed by atoms with E-state index in [2.05, 4.69) is 39.8 Å². The van der Waals surface area contributed by atoms with E-state index in [0.717, 1.165) is 36.6 Å². The Hall–Kier alpha value is -2.62. The molecule has 106 valence electrons. The third-order valence-corrected chi connectivity index (χ3v) is 3.33. The van der Waals surface area contributed by atoms with Crippen molar-refractivity contribution in [3.05, 3.63) is 72.8 Å². The summed E-state index contributed by atoms with van der Waals surface area (Å²) in [4.78, 5) is 0. The summed E-state index contributed by atoms with van der Waals surface area (Å²) in [5, 5.41) is 11.7. The number of anilines is 1. The van der Waals surface area contributed by atoms with Gasteiger partial charge in [-0.2, -0.15) is 0 Å². The number of aryl methyl sites for hydroxylation is 1. The van der Waals surface area contributed by atoms with E-state index in [0.29, 0.717) is 0 Å². The summed E-state index contributed by atoms with van der Waals surface area (Å²) in [6, 6.07) is 20.4. The molecule has 2 aromatic carbocycles. The Labute approximate surface area is 124 Å². The first-order valence-electron chi connectivity index (χ1n) is 7.17. The molecule has 3 rings (SSSR count). The van der Waals surface area contributed by atoms with Crippen LogP contribution in [0.4, 0.5) is 5.69 Å². The van der Waals surface area contributed by atoms with Crippen LogP contribution in [-0.2, 0) is 6.42 Å². The molecule has 0 fully saturated rings. The number of hydrogen-bond acceptors (Lipinski definition) is 3. The maximum Gasteiger partial charge on any atom is 0.137 e. The lowest BCUT2D eigenvalue weighted by Gasteiger charge is -2.07. The highest BCUT2D eigenvalue weighted by atomic mass is 15.3. The van der Waals surface area contributed by atoms with Crippen molar-refractivity contribution in [1.29, 1.82) is 0 Å². The quantitative estimate of drug-likeness (QED) is 0.703. The van der Waals surface area contributed by atoms with Crippen molar-refractivity contribution in [2.45, 2.75) is 12.8 Å². The second-order valence-electron chi connectivity index (χ2n) is 4.85. The molecule has 1 N–H and O–H groups in total. The van der Waals surface area contributed by atoms with Gasteiger partial charge in [-0.25, -0.2) is 0 Å². The lowest BCUT2D eigenvalue weighted by atomic mass is 10.2. The molecule has 0 aliphatic carbocycles. The number of rotatable bonds is 6. The highest BCUT2D eigenvalue weighted by molar-refractivity contribution is 5.42. The van der Waals surface area contributed by atoms with Gasteiger partial charge >= 0.3 is 0 Å². The summed E-state index contributed by atoms with van der Waals surface area (Å²) < 4.78 is 2.04. The lowest BCUT2D eigenvalue weighted by Crippen LogP contribution is -2.06. The Morgan fingerprint density at radius 3 is 2.38 bits per heavy atom. The molecular formula is C17H18N4. The van der Waals surface area contributed by atoms with Crippen LogP contribution >= 0.6 is 0 Å². The maximum atomic E-state index is 4.22. The SMILES string of the molecule is c1ccc(NCCCc2nncn2-c2ccccc2)cc1. The molecule has 0 aliphatic heterocycles. The number of aromatic nitrogens is 3. The zero-order valence-corrected chi connectivity index (χ0v) is 11.8. The minimum absolute atomic E-state index is 0.898. The van der Waals surface area contributed by atoms with Crippen LogP contribution in [0.1, 0.15) is 12.2 Å². The standard InChI is InChI=1S/C17H18N4/c1-3-8-15(9-4-1)18-13-7-12-17-20-19-14-21(17)16-10-5-2-6-11-16/h1-6,8-11,14,18H,7,12-13H2. The highest BCUT2D eigenvalue weighted by Crippen LogP contribution is 2.11. The highest BCUT2D eigenvalue weighted by Gasteiger charge is 2.05. The van der Waals surface area contributed by atoms with Crippen LogP contribution in [0.25, 0.3) is 5.69 Å². The summed E-state index contributed by atoms with van der Waals surface area (Å²) >= 11 is 0. The van der Waals surface area contributed by atoms with E-state index in [1.54, 1.807) is 6.33 Å². The van der Waals surface area contributed by atoms with Gasteiger partial charge in [0.25, 0.3) is 0 Å². The number of nitrogens with one attached hydrogen (secondary N) is 1. The second-order valence-corrected chi connectivity index (χ2v) is 4.85. The number of para-hydroxylation sites is 2. The molecule has 3 aromatic rings. The first-order valence-corrected chi connectivity index (χ1v) is 7.17. The van der Waals surface area contributed by atoms with Gasteiger partial charge in [-0.1, -0.05) is 36.4 Å². The number of hydrogen-bond donors (Lipinski definition) is 1. The van der Waals surface area contributed by atoms with E-state index < -0.39 is 0 Å². The Kier molecular flexibility index (Phi) is 4.27. The Morgan fingerprint density at radius 1 is 0.905 bits per heavy atom. The van der Waals surface area contributed by atoms with Crippen LogP contribution in [0, 0.1) is 0 Å². The van der Waals surface area contributed by atoms with Crippen molar-refractivity contribution in [2.24, 2.45) is 0 Å². The van der Waals surface area contributed by atoms with Gasteiger partial charge in [0.15, 0.2) is 0 Å². The third-order valence-electron chi connectivity index (χ3n) is 3.33. The van der Waals surface area contributed by atoms with Crippen LogP contribution in [-0.4, -0.2) is 21.3 Å². The molecule has 0 radical (unpaired) electrons. The van der Waals surface area contributed by atoms with Crippen LogP contribution in [0.15, 0.2) is 67.0 Å². The fraction of sp³-hybridized carbons (Fsp3) is 0.176. The largest absolute Gasteiger partial charge is 0.385 e. The summed E-state index contributed by atoms with van der Waals surface area (Å²) in [5.41, 5.74) is 2.26. The van der Waals surface area contributed by atoms with Crippen molar-refractivity contribution < 1.29 is 0 Å². The van der Waals surface area contributed by atoms with Gasteiger partial charge in [0, 0.05) is 24.3 Å². The molecule has 0 saturated carbocycles. The first kappa shape index (κ1) is 13.4. The summed E-state index contributed by atoms with van der Waals surface area (Å²) in [5.74, 6) is 0.996. The molecule has 0 aliphatic rings. The van der Waals surface area contributed by atoms with Gasteiger partial charge in [0.1, 0.15) is 12.2 Å². The minimum Gasteiger partial charge on any atom is -0.385 e. The molecule has 0 spiro atoms. The third kappa shape index (κ3) is 3.48. The number of benzene rings is 2. The minimum atomic E-state index is 0.898. The molecule has 21 heavy (non-hydrogen) atoms. The molecule has 1 heterocycles. The monoisotopic (exact) mass is 278 g/mol. The molecular weight excluding hydrogens is 260 g/mol. The average Bonchev–Trinajstić information content (AvgIpc) is 3.02. The van der Waals surface area contributed by atoms with Crippen molar-refractivity contribution in [3.8, 4) is 5.69 Å². The Morgan fingerprint density at radius 2 is 1.62 bits per heavy atom. The lowest BCUT2D eigenvalue weighted by molar-refractivity contribution is 0.776. The molecule has 0 saturated heterocycles. The van der Waals surface area contributed by atoms with Gasteiger partial charge in [0.2, 0.25) is 0 Å². The fourth-order valence-corrected chi connectivity index (χ4v) is 2.27. The molecule has 0 atom stereocenters. The summed E-state index contributed by atoms with van der Waals surface area (Å²) in [6.07, 6.45) is 3.68. The van der Waals surface area contributed by atoms with Crippen molar-refractivity contribution >= 4 is 5.69 Å². The maximum absolute atomic E-state index is 4.22. The van der Waals surface area contributed by atoms with Crippen LogP contribution in [0.5, 0.6) is 0 Å². The van der Waals surface area contributed by atoms with E-state index >= 15 is 0 Å². The van der Waals surface area contributed by atoms with Gasteiger partial charge in [0.05, 0.1) is 0 Å². The smallest absolute Gasteiger partial charge is 0.137 e. The van der Waals surface area contributed by atoms with E-state index in [9.17, 15) is 0 Å². The normalized spacial score (nSPS) is 10.5. The molecule has 0 unspecified atom stereocenters. The van der Waals surface area contributed by atoms with Gasteiger partial charge in [-0.3, -0.25) is 4.57 Å². The van der Waals surface area contributed by atoms with Gasteiger partial charge in [-0.05, 0) is 30.7 Å². The van der Waals surface area contributed by atoms with Gasteiger partial charge in [-0.15, -0.1) is 10.2 Å². The van der Waals surface area contributed by atoms with Crippen molar-refractivity contribution in [2.75, 3.05) is 11.9 Å². The molecule has 4 heteroatoms. The van der Waals surface area contributed by atoms with Gasteiger partial charge < -0.3 is 5.32 Å². The second kappa shape index (κ2) is 6.70. The molecule has 0 bridgehead atoms. The van der Waals surface area contributed by atoms with Crippen molar-refractivity contribution in [1.82, 2.24) is 14.8 Å². The van der Waals surface area contributed by atoms with Crippen LogP contribution in [0.3, 0.4) is 0 Å². The van der Waals surface area contributed by atoms with Crippen LogP contribution < -0.4 is 5.32 Å². The topological polar surface area (TPSA) is 42.7 Å². The Bertz CT molecular complexity index is 662. The van der Waals surface area contributed by atoms with E-state index in [4.69, 9.17) is 0 Å². The summed E-state index contributed by atoms with van der Waals surface area (Å²) in [7, 11) is 0. The van der Waals surface area contributed by atoms with E-state index in [1.807, 2.05) is 41.0 Å². The van der Waals surface area contributed by atoms with E-state index in [1.165, 1.54) is 0 Å². The zero-order chi connectivity index (χ0) is 14.3. The molecule has 0 amide bonds. The first-order chi connectivity index (χ1) is 10.4. The van der Waals surface area contributed by atoms with Crippen LogP contribution in [0.2, 0.25) is 0 Å². The molecule has 4 nitrogen and oxygen atoms in total. The predicted molar refractivity (Wildman–Crippen MR) is 84.6 cm³/mol. The van der Waals surface area contributed by atoms with Crippen molar-refractivity contribution in [3.63, 3.8) is 0 Å².